The van der Waals surface area contributed by atoms with Crippen LogP contribution in [0.1, 0.15) is 24.8 Å². The Labute approximate surface area is 138 Å². The molecule has 1 aliphatic heterocycles. The summed E-state index contributed by atoms with van der Waals surface area (Å²) in [5, 5.41) is 3.15. The number of sulfone groups is 1. The topological polar surface area (TPSA) is 66.5 Å². The third-order valence-corrected chi connectivity index (χ3v) is 6.60. The van der Waals surface area contributed by atoms with Crippen molar-refractivity contribution >= 4 is 21.4 Å². The number of carbonyl (C=O) groups is 1. The van der Waals surface area contributed by atoms with E-state index in [-0.39, 0.29) is 17.2 Å². The van der Waals surface area contributed by atoms with Crippen molar-refractivity contribution < 1.29 is 13.2 Å². The molecular formula is C17H24N2O3S. The Hall–Kier alpha value is -1.40. The van der Waals surface area contributed by atoms with Crippen molar-refractivity contribution in [3.05, 3.63) is 29.8 Å². The smallest absolute Gasteiger partial charge is 0.244 e. The van der Waals surface area contributed by atoms with E-state index in [9.17, 15) is 13.2 Å². The monoisotopic (exact) mass is 336 g/mol. The zero-order valence-electron chi connectivity index (χ0n) is 13.7. The minimum atomic E-state index is -2.90. The minimum absolute atomic E-state index is 0.118. The first-order valence-electron chi connectivity index (χ1n) is 8.15. The van der Waals surface area contributed by atoms with E-state index in [1.54, 1.807) is 0 Å². The van der Waals surface area contributed by atoms with Gasteiger partial charge < -0.3 is 10.2 Å². The van der Waals surface area contributed by atoms with Crippen LogP contribution in [-0.4, -0.2) is 45.0 Å². The molecule has 1 amide bonds. The van der Waals surface area contributed by atoms with Crippen molar-refractivity contribution in [2.75, 3.05) is 24.2 Å². The molecule has 1 N–H and O–H groups in total. The van der Waals surface area contributed by atoms with Crippen LogP contribution in [0.3, 0.4) is 0 Å². The van der Waals surface area contributed by atoms with Crippen LogP contribution in [-0.2, 0) is 14.6 Å². The maximum atomic E-state index is 12.5. The minimum Gasteiger partial charge on any atom is -0.311 e. The van der Waals surface area contributed by atoms with E-state index in [2.05, 4.69) is 5.32 Å². The van der Waals surface area contributed by atoms with Gasteiger partial charge in [-0.05, 0) is 50.8 Å². The lowest BCUT2D eigenvalue weighted by Gasteiger charge is -2.34. The second kappa shape index (κ2) is 6.24. The van der Waals surface area contributed by atoms with E-state index in [0.717, 1.165) is 25.2 Å². The normalized spacial score (nSPS) is 28.0. The van der Waals surface area contributed by atoms with Crippen molar-refractivity contribution in [3.8, 4) is 0 Å². The van der Waals surface area contributed by atoms with E-state index < -0.39 is 9.84 Å². The lowest BCUT2D eigenvalue weighted by Crippen LogP contribution is -2.45. The number of rotatable bonds is 5. The van der Waals surface area contributed by atoms with Gasteiger partial charge in [-0.3, -0.25) is 4.79 Å². The number of aryl methyl sites for hydroxylation is 1. The highest BCUT2D eigenvalue weighted by molar-refractivity contribution is 7.91. The molecule has 0 aromatic heterocycles. The van der Waals surface area contributed by atoms with E-state index in [0.29, 0.717) is 18.8 Å². The van der Waals surface area contributed by atoms with E-state index in [4.69, 9.17) is 0 Å². The van der Waals surface area contributed by atoms with Crippen LogP contribution in [0, 0.1) is 12.8 Å². The summed E-state index contributed by atoms with van der Waals surface area (Å²) in [6, 6.07) is 7.86. The number of anilines is 1. The summed E-state index contributed by atoms with van der Waals surface area (Å²) in [5.74, 6) is 0.490. The molecule has 1 aliphatic carbocycles. The summed E-state index contributed by atoms with van der Waals surface area (Å²) in [6.45, 7) is 3.49. The van der Waals surface area contributed by atoms with Gasteiger partial charge in [0.15, 0.2) is 0 Å². The molecule has 1 heterocycles. The fourth-order valence-electron chi connectivity index (χ4n) is 3.35. The number of hydrogen-bond acceptors (Lipinski definition) is 4. The summed E-state index contributed by atoms with van der Waals surface area (Å²) in [6.07, 6.45) is 3.54. The Morgan fingerprint density at radius 3 is 2.48 bits per heavy atom. The quantitative estimate of drug-likeness (QED) is 0.885. The molecule has 0 bridgehead atoms. The van der Waals surface area contributed by atoms with Crippen molar-refractivity contribution in [2.24, 2.45) is 5.92 Å². The SMILES string of the molecule is Cc1ccc(N2CCC(NCC3CC(S(C)(=O)=O)C3)C2=O)cc1. The Morgan fingerprint density at radius 1 is 1.22 bits per heavy atom. The highest BCUT2D eigenvalue weighted by Gasteiger charge is 2.38. The predicted molar refractivity (Wildman–Crippen MR) is 91.3 cm³/mol. The van der Waals surface area contributed by atoms with Crippen LogP contribution in [0.2, 0.25) is 0 Å². The maximum Gasteiger partial charge on any atom is 0.244 e. The van der Waals surface area contributed by atoms with Gasteiger partial charge in [0.05, 0.1) is 11.3 Å². The summed E-state index contributed by atoms with van der Waals surface area (Å²) in [4.78, 5) is 14.3. The number of carbonyl (C=O) groups excluding carboxylic acids is 1. The number of amides is 1. The largest absolute Gasteiger partial charge is 0.311 e. The van der Waals surface area contributed by atoms with E-state index in [1.807, 2.05) is 36.1 Å². The van der Waals surface area contributed by atoms with Crippen LogP contribution in [0.5, 0.6) is 0 Å². The van der Waals surface area contributed by atoms with E-state index in [1.165, 1.54) is 11.8 Å². The molecule has 1 atom stereocenters. The van der Waals surface area contributed by atoms with Crippen molar-refractivity contribution in [3.63, 3.8) is 0 Å². The molecule has 6 heteroatoms. The van der Waals surface area contributed by atoms with Gasteiger partial charge in [-0.25, -0.2) is 8.42 Å². The summed E-state index contributed by atoms with van der Waals surface area (Å²) in [5.41, 5.74) is 2.13. The van der Waals surface area contributed by atoms with Crippen LogP contribution in [0.4, 0.5) is 5.69 Å². The van der Waals surface area contributed by atoms with Gasteiger partial charge in [-0.2, -0.15) is 0 Å². The van der Waals surface area contributed by atoms with Crippen molar-refractivity contribution in [1.82, 2.24) is 5.32 Å². The van der Waals surface area contributed by atoms with Crippen LogP contribution < -0.4 is 10.2 Å². The first-order chi connectivity index (χ1) is 10.8. The number of nitrogens with zero attached hydrogens (tertiary/aromatic N) is 1. The highest BCUT2D eigenvalue weighted by Crippen LogP contribution is 2.32. The van der Waals surface area contributed by atoms with Gasteiger partial charge in [0.25, 0.3) is 0 Å². The molecule has 126 valence electrons. The fraction of sp³-hybridized carbons (Fsp3) is 0.588. The molecule has 1 aromatic carbocycles. The van der Waals surface area contributed by atoms with Gasteiger partial charge in [0.2, 0.25) is 5.91 Å². The molecule has 23 heavy (non-hydrogen) atoms. The van der Waals surface area contributed by atoms with E-state index >= 15 is 0 Å². The Bertz CT molecular complexity index is 678. The Morgan fingerprint density at radius 2 is 1.87 bits per heavy atom. The standard InChI is InChI=1S/C17H24N2O3S/c1-12-3-5-14(6-4-12)19-8-7-16(17(19)20)18-11-13-9-15(10-13)23(2,21)22/h3-6,13,15-16,18H,7-11H2,1-2H3. The highest BCUT2D eigenvalue weighted by atomic mass is 32.2. The molecule has 1 aromatic rings. The molecule has 2 aliphatic rings. The van der Waals surface area contributed by atoms with Gasteiger partial charge in [-0.15, -0.1) is 0 Å². The average molecular weight is 336 g/mol. The van der Waals surface area contributed by atoms with Crippen LogP contribution in [0.25, 0.3) is 0 Å². The van der Waals surface area contributed by atoms with Gasteiger partial charge >= 0.3 is 0 Å². The third kappa shape index (κ3) is 3.58. The summed E-state index contributed by atoms with van der Waals surface area (Å²) < 4.78 is 22.8. The maximum absolute atomic E-state index is 12.5. The van der Waals surface area contributed by atoms with Crippen LogP contribution >= 0.6 is 0 Å². The first-order valence-corrected chi connectivity index (χ1v) is 10.1. The van der Waals surface area contributed by atoms with Crippen LogP contribution in [0.15, 0.2) is 24.3 Å². The lowest BCUT2D eigenvalue weighted by atomic mass is 9.84. The molecule has 0 radical (unpaired) electrons. The molecule has 5 nitrogen and oxygen atoms in total. The Kier molecular flexibility index (Phi) is 4.47. The molecule has 1 saturated heterocycles. The average Bonchev–Trinajstić information content (AvgIpc) is 2.78. The zero-order valence-corrected chi connectivity index (χ0v) is 14.5. The zero-order chi connectivity index (χ0) is 16.6. The molecular weight excluding hydrogens is 312 g/mol. The second-order valence-electron chi connectivity index (χ2n) is 6.86. The molecule has 1 unspecified atom stereocenters. The third-order valence-electron chi connectivity index (χ3n) is 5.00. The predicted octanol–water partition coefficient (Wildman–Crippen LogP) is 1.51. The fourth-order valence-corrected chi connectivity index (χ4v) is 4.59. The van der Waals surface area contributed by atoms with Gasteiger partial charge in [0, 0.05) is 18.5 Å². The number of nitrogens with one attached hydrogen (secondary N) is 1. The van der Waals surface area contributed by atoms with Gasteiger partial charge in [-0.1, -0.05) is 17.7 Å². The molecule has 2 fully saturated rings. The number of hydrogen-bond donors (Lipinski definition) is 1. The summed E-state index contributed by atoms with van der Waals surface area (Å²) in [7, 11) is -2.90. The molecule has 3 rings (SSSR count). The van der Waals surface area contributed by atoms with Crippen molar-refractivity contribution in [1.29, 1.82) is 0 Å². The Balaban J connectivity index is 1.49. The first kappa shape index (κ1) is 16.5. The number of benzene rings is 1. The molecule has 0 spiro atoms. The lowest BCUT2D eigenvalue weighted by molar-refractivity contribution is -0.118. The summed E-state index contributed by atoms with van der Waals surface area (Å²) >= 11 is 0. The van der Waals surface area contributed by atoms with Gasteiger partial charge in [0.1, 0.15) is 9.84 Å². The van der Waals surface area contributed by atoms with Crippen molar-refractivity contribution in [2.45, 2.75) is 37.5 Å². The second-order valence-corrected chi connectivity index (χ2v) is 9.19. The molecule has 1 saturated carbocycles.